The number of aromatic carboxylic acids is 1. The maximum atomic E-state index is 14.3. The average molecular weight is 381 g/mol. The third kappa shape index (κ3) is 2.90. The van der Waals surface area contributed by atoms with Crippen molar-refractivity contribution in [2.75, 3.05) is 7.11 Å². The average Bonchev–Trinajstić information content (AvgIpc) is 2.65. The molecule has 5 nitrogen and oxygen atoms in total. The van der Waals surface area contributed by atoms with Crippen molar-refractivity contribution in [3.63, 3.8) is 0 Å². The number of fused-ring (bicyclic) bond motifs is 1. The molecule has 3 aromatic rings. The van der Waals surface area contributed by atoms with Gasteiger partial charge in [0.05, 0.1) is 19.2 Å². The van der Waals surface area contributed by atoms with Crippen molar-refractivity contribution in [2.24, 2.45) is 0 Å². The van der Waals surface area contributed by atoms with E-state index in [9.17, 15) is 32.3 Å². The smallest absolute Gasteiger partial charge is 0.341 e. The van der Waals surface area contributed by atoms with Gasteiger partial charge in [0.2, 0.25) is 17.1 Å². The summed E-state index contributed by atoms with van der Waals surface area (Å²) < 4.78 is 61.7. The van der Waals surface area contributed by atoms with Gasteiger partial charge < -0.3 is 14.4 Å². The zero-order valence-corrected chi connectivity index (χ0v) is 13.7. The molecule has 0 atom stereocenters. The van der Waals surface area contributed by atoms with Crippen molar-refractivity contribution in [3.8, 4) is 5.75 Å². The highest BCUT2D eigenvalue weighted by Crippen LogP contribution is 2.30. The molecule has 1 aromatic heterocycles. The number of carbonyl (C=O) groups is 1. The van der Waals surface area contributed by atoms with Gasteiger partial charge in [0.1, 0.15) is 5.56 Å². The highest BCUT2D eigenvalue weighted by molar-refractivity contribution is 5.92. The third-order valence-corrected chi connectivity index (χ3v) is 4.06. The number of carboxylic acids is 1. The first-order chi connectivity index (χ1) is 12.8. The van der Waals surface area contributed by atoms with Crippen molar-refractivity contribution in [1.29, 1.82) is 0 Å². The first kappa shape index (κ1) is 18.4. The van der Waals surface area contributed by atoms with Crippen molar-refractivity contribution in [3.05, 3.63) is 75.1 Å². The monoisotopic (exact) mass is 381 g/mol. The number of methoxy groups -OCH3 is 1. The normalized spacial score (nSPS) is 11.0. The van der Waals surface area contributed by atoms with Gasteiger partial charge >= 0.3 is 5.97 Å². The van der Waals surface area contributed by atoms with E-state index < -0.39 is 58.1 Å². The SMILES string of the molecule is COc1c(F)c(F)c(Cn2cc(C(=O)O)c(=O)c3ccccc32)c(F)c1F. The Hall–Kier alpha value is -3.36. The Balaban J connectivity index is 2.29. The van der Waals surface area contributed by atoms with E-state index in [-0.39, 0.29) is 10.9 Å². The van der Waals surface area contributed by atoms with Crippen LogP contribution in [0.5, 0.6) is 5.75 Å². The number of hydrogen-bond donors (Lipinski definition) is 1. The summed E-state index contributed by atoms with van der Waals surface area (Å²) in [5.41, 5.74) is -2.27. The second-order valence-corrected chi connectivity index (χ2v) is 5.59. The first-order valence-electron chi connectivity index (χ1n) is 7.52. The van der Waals surface area contributed by atoms with E-state index in [1.807, 2.05) is 0 Å². The first-order valence-corrected chi connectivity index (χ1v) is 7.52. The molecule has 3 rings (SSSR count). The van der Waals surface area contributed by atoms with Gasteiger partial charge in [0, 0.05) is 17.1 Å². The number of ether oxygens (including phenoxy) is 1. The van der Waals surface area contributed by atoms with Gasteiger partial charge in [-0.2, -0.15) is 8.78 Å². The lowest BCUT2D eigenvalue weighted by Gasteiger charge is -2.15. The second kappa shape index (κ2) is 6.75. The fourth-order valence-electron chi connectivity index (χ4n) is 2.77. The van der Waals surface area contributed by atoms with Gasteiger partial charge in [0.15, 0.2) is 17.4 Å². The van der Waals surface area contributed by atoms with Crippen LogP contribution in [0.1, 0.15) is 15.9 Å². The minimum Gasteiger partial charge on any atom is -0.491 e. The Bertz CT molecular complexity index is 1110. The zero-order chi connectivity index (χ0) is 19.9. The molecule has 0 bridgehead atoms. The largest absolute Gasteiger partial charge is 0.491 e. The standard InChI is InChI=1S/C18H11F4NO4/c1-27-17-14(21)12(19)9(13(20)15(17)22)6-23-7-10(18(25)26)16(24)8-4-2-3-5-11(8)23/h2-5,7H,6H2,1H3,(H,25,26). The summed E-state index contributed by atoms with van der Waals surface area (Å²) in [5.74, 6) is -9.53. The summed E-state index contributed by atoms with van der Waals surface area (Å²) in [5, 5.41) is 9.16. The number of pyridine rings is 1. The van der Waals surface area contributed by atoms with Gasteiger partial charge in [-0.15, -0.1) is 0 Å². The van der Waals surface area contributed by atoms with E-state index in [4.69, 9.17) is 0 Å². The van der Waals surface area contributed by atoms with Gasteiger partial charge in [-0.25, -0.2) is 13.6 Å². The molecule has 1 N–H and O–H groups in total. The summed E-state index contributed by atoms with van der Waals surface area (Å²) >= 11 is 0. The van der Waals surface area contributed by atoms with Crippen LogP contribution >= 0.6 is 0 Å². The number of para-hydroxylation sites is 1. The summed E-state index contributed by atoms with van der Waals surface area (Å²) in [6.45, 7) is -0.753. The maximum absolute atomic E-state index is 14.3. The molecular weight excluding hydrogens is 370 g/mol. The number of carboxylic acid groups (broad SMARTS) is 1. The van der Waals surface area contributed by atoms with Gasteiger partial charge in [0.25, 0.3) is 0 Å². The Morgan fingerprint density at radius 1 is 1.07 bits per heavy atom. The van der Waals surface area contributed by atoms with Crippen molar-refractivity contribution in [2.45, 2.75) is 6.54 Å². The minimum atomic E-state index is -1.71. The Morgan fingerprint density at radius 3 is 2.22 bits per heavy atom. The number of rotatable bonds is 4. The van der Waals surface area contributed by atoms with E-state index in [1.165, 1.54) is 24.3 Å². The van der Waals surface area contributed by atoms with Crippen LogP contribution in [-0.4, -0.2) is 22.8 Å². The van der Waals surface area contributed by atoms with E-state index in [2.05, 4.69) is 4.74 Å². The minimum absolute atomic E-state index is 0.0207. The fourth-order valence-corrected chi connectivity index (χ4v) is 2.77. The number of halogens is 4. The summed E-state index contributed by atoms with van der Waals surface area (Å²) in [6, 6.07) is 5.74. The van der Waals surface area contributed by atoms with E-state index in [0.717, 1.165) is 17.9 Å². The van der Waals surface area contributed by atoms with Crippen LogP contribution in [0.4, 0.5) is 17.6 Å². The molecule has 2 aromatic carbocycles. The highest BCUT2D eigenvalue weighted by Gasteiger charge is 2.27. The lowest BCUT2D eigenvalue weighted by molar-refractivity contribution is 0.0695. The third-order valence-electron chi connectivity index (χ3n) is 4.06. The van der Waals surface area contributed by atoms with Crippen molar-refractivity contribution >= 4 is 16.9 Å². The Labute approximate surface area is 149 Å². The molecule has 27 heavy (non-hydrogen) atoms. The summed E-state index contributed by atoms with van der Waals surface area (Å²) in [4.78, 5) is 23.5. The highest BCUT2D eigenvalue weighted by atomic mass is 19.2. The summed E-state index contributed by atoms with van der Waals surface area (Å²) in [7, 11) is 0.856. The molecular formula is C18H11F4NO4. The number of nitrogens with zero attached hydrogens (tertiary/aromatic N) is 1. The molecule has 140 valence electrons. The number of hydrogen-bond acceptors (Lipinski definition) is 3. The van der Waals surface area contributed by atoms with E-state index >= 15 is 0 Å². The second-order valence-electron chi connectivity index (χ2n) is 5.59. The topological polar surface area (TPSA) is 68.5 Å². The van der Waals surface area contributed by atoms with Crippen LogP contribution < -0.4 is 10.2 Å². The van der Waals surface area contributed by atoms with Crippen LogP contribution in [0.25, 0.3) is 10.9 Å². The van der Waals surface area contributed by atoms with Gasteiger partial charge in [-0.3, -0.25) is 4.79 Å². The van der Waals surface area contributed by atoms with Gasteiger partial charge in [-0.05, 0) is 12.1 Å². The summed E-state index contributed by atoms with van der Waals surface area (Å²) in [6.07, 6.45) is 0.867. The molecule has 0 spiro atoms. The molecule has 0 aliphatic rings. The maximum Gasteiger partial charge on any atom is 0.341 e. The van der Waals surface area contributed by atoms with E-state index in [0.29, 0.717) is 0 Å². The molecule has 0 saturated carbocycles. The molecule has 9 heteroatoms. The van der Waals surface area contributed by atoms with Crippen LogP contribution in [0.3, 0.4) is 0 Å². The van der Waals surface area contributed by atoms with Gasteiger partial charge in [-0.1, -0.05) is 12.1 Å². The molecule has 0 amide bonds. The van der Waals surface area contributed by atoms with Crippen molar-refractivity contribution < 1.29 is 32.2 Å². The molecule has 0 aliphatic heterocycles. The molecule has 0 aliphatic carbocycles. The Kier molecular flexibility index (Phi) is 4.61. The Morgan fingerprint density at radius 2 is 1.67 bits per heavy atom. The van der Waals surface area contributed by atoms with Crippen LogP contribution in [-0.2, 0) is 6.54 Å². The van der Waals surface area contributed by atoms with Crippen LogP contribution in [0.15, 0.2) is 35.3 Å². The van der Waals surface area contributed by atoms with Crippen LogP contribution in [0, 0.1) is 23.3 Å². The molecule has 1 heterocycles. The molecule has 0 unspecified atom stereocenters. The molecule has 0 fully saturated rings. The lowest BCUT2D eigenvalue weighted by atomic mass is 10.1. The number of benzene rings is 2. The van der Waals surface area contributed by atoms with Crippen LogP contribution in [0.2, 0.25) is 0 Å². The lowest BCUT2D eigenvalue weighted by Crippen LogP contribution is -2.20. The zero-order valence-electron chi connectivity index (χ0n) is 13.7. The van der Waals surface area contributed by atoms with E-state index in [1.54, 1.807) is 0 Å². The fraction of sp³-hybridized carbons (Fsp3) is 0.111. The molecule has 0 radical (unpaired) electrons. The molecule has 0 saturated heterocycles. The van der Waals surface area contributed by atoms with Crippen molar-refractivity contribution in [1.82, 2.24) is 4.57 Å². The number of aromatic nitrogens is 1. The predicted octanol–water partition coefficient (Wildman–Crippen LogP) is 3.31. The predicted molar refractivity (Wildman–Crippen MR) is 87.1 cm³/mol. The quantitative estimate of drug-likeness (QED) is 0.556.